The van der Waals surface area contributed by atoms with Crippen LogP contribution >= 0.6 is 11.6 Å². The molecule has 0 aliphatic heterocycles. The van der Waals surface area contributed by atoms with Crippen molar-refractivity contribution in [3.63, 3.8) is 0 Å². The number of methoxy groups -OCH3 is 1. The molecule has 0 atom stereocenters. The molecule has 0 spiro atoms. The zero-order valence-electron chi connectivity index (χ0n) is 13.3. The fourth-order valence-corrected chi connectivity index (χ4v) is 2.17. The van der Waals surface area contributed by atoms with Crippen molar-refractivity contribution in [3.05, 3.63) is 64.8 Å². The third-order valence-electron chi connectivity index (χ3n) is 3.29. The van der Waals surface area contributed by atoms with Gasteiger partial charge in [0.1, 0.15) is 17.4 Å². The number of halogens is 1. The van der Waals surface area contributed by atoms with E-state index in [2.05, 4.69) is 10.6 Å². The number of carbonyl (C=O) groups excluding carboxylic acids is 1. The summed E-state index contributed by atoms with van der Waals surface area (Å²) in [5, 5.41) is 15.3. The summed E-state index contributed by atoms with van der Waals surface area (Å²) < 4.78 is 5.20. The molecule has 0 fully saturated rings. The molecule has 1 amide bonds. The molecule has 2 rings (SSSR count). The van der Waals surface area contributed by atoms with E-state index in [0.29, 0.717) is 22.1 Å². The summed E-state index contributed by atoms with van der Waals surface area (Å²) in [7, 11) is 1.52. The van der Waals surface area contributed by atoms with Gasteiger partial charge in [-0.05, 0) is 36.8 Å². The van der Waals surface area contributed by atoms with Crippen LogP contribution in [0.1, 0.15) is 5.56 Å². The van der Waals surface area contributed by atoms with Crippen molar-refractivity contribution in [2.45, 2.75) is 6.92 Å². The second kappa shape index (κ2) is 8.04. The van der Waals surface area contributed by atoms with Crippen molar-refractivity contribution in [3.8, 4) is 11.8 Å². The Hall–Kier alpha value is -2.97. The number of rotatable bonds is 5. The standard InChI is InChI=1S/C18H16ClN3O2/c1-12-5-3-4-6-15(12)22-18(23)13(10-20)11-21-16-9-14(19)7-8-17(16)24-2/h3-9,11,21H,1-2H3,(H,22,23)/b13-11-. The average Bonchev–Trinajstić information content (AvgIpc) is 2.57. The molecule has 2 N–H and O–H groups in total. The minimum absolute atomic E-state index is 0.0692. The van der Waals surface area contributed by atoms with E-state index < -0.39 is 5.91 Å². The van der Waals surface area contributed by atoms with E-state index in [-0.39, 0.29) is 5.57 Å². The number of ether oxygens (including phenoxy) is 1. The number of nitrogens with zero attached hydrogens (tertiary/aromatic N) is 1. The molecule has 0 bridgehead atoms. The number of carbonyl (C=O) groups is 1. The summed E-state index contributed by atoms with van der Waals surface area (Å²) in [4.78, 5) is 12.2. The highest BCUT2D eigenvalue weighted by atomic mass is 35.5. The first-order chi connectivity index (χ1) is 11.5. The van der Waals surface area contributed by atoms with Crippen LogP contribution in [0.4, 0.5) is 11.4 Å². The van der Waals surface area contributed by atoms with Crippen LogP contribution in [0.3, 0.4) is 0 Å². The van der Waals surface area contributed by atoms with Gasteiger partial charge < -0.3 is 15.4 Å². The summed E-state index contributed by atoms with van der Waals surface area (Å²) in [6, 6.07) is 14.2. The minimum atomic E-state index is -0.500. The third-order valence-corrected chi connectivity index (χ3v) is 3.53. The Labute approximate surface area is 145 Å². The van der Waals surface area contributed by atoms with Gasteiger partial charge in [-0.2, -0.15) is 5.26 Å². The first kappa shape index (κ1) is 17.4. The highest BCUT2D eigenvalue weighted by molar-refractivity contribution is 6.31. The molecule has 0 aliphatic rings. The van der Waals surface area contributed by atoms with Crippen LogP contribution in [0.5, 0.6) is 5.75 Å². The minimum Gasteiger partial charge on any atom is -0.495 e. The molecular weight excluding hydrogens is 326 g/mol. The summed E-state index contributed by atoms with van der Waals surface area (Å²) in [5.41, 5.74) is 2.05. The SMILES string of the molecule is COc1ccc(Cl)cc1N/C=C(/C#N)C(=O)Nc1ccccc1C. The first-order valence-electron chi connectivity index (χ1n) is 7.12. The summed E-state index contributed by atoms with van der Waals surface area (Å²) in [6.07, 6.45) is 1.32. The molecule has 0 heterocycles. The molecule has 0 aliphatic carbocycles. The number of hydrogen-bond donors (Lipinski definition) is 2. The van der Waals surface area contributed by atoms with Gasteiger partial charge in [0.05, 0.1) is 12.8 Å². The number of nitriles is 1. The molecule has 0 aromatic heterocycles. The van der Waals surface area contributed by atoms with Crippen molar-refractivity contribution in [2.75, 3.05) is 17.7 Å². The molecule has 122 valence electrons. The summed E-state index contributed by atoms with van der Waals surface area (Å²) in [6.45, 7) is 1.88. The second-order valence-corrected chi connectivity index (χ2v) is 5.36. The average molecular weight is 342 g/mol. The number of nitrogens with one attached hydrogen (secondary N) is 2. The Morgan fingerprint density at radius 2 is 2.00 bits per heavy atom. The van der Waals surface area contributed by atoms with E-state index in [1.165, 1.54) is 13.3 Å². The van der Waals surface area contributed by atoms with E-state index >= 15 is 0 Å². The molecule has 0 unspecified atom stereocenters. The maximum absolute atomic E-state index is 12.2. The van der Waals surface area contributed by atoms with E-state index in [0.717, 1.165) is 5.56 Å². The predicted molar refractivity (Wildman–Crippen MR) is 95.1 cm³/mol. The number of benzene rings is 2. The zero-order valence-corrected chi connectivity index (χ0v) is 14.0. The topological polar surface area (TPSA) is 74.1 Å². The maximum atomic E-state index is 12.2. The normalized spacial score (nSPS) is 10.7. The van der Waals surface area contributed by atoms with Crippen LogP contribution in [0, 0.1) is 18.3 Å². The zero-order chi connectivity index (χ0) is 17.5. The van der Waals surface area contributed by atoms with Gasteiger partial charge in [-0.1, -0.05) is 29.8 Å². The number of para-hydroxylation sites is 1. The van der Waals surface area contributed by atoms with Crippen molar-refractivity contribution in [1.82, 2.24) is 0 Å². The van der Waals surface area contributed by atoms with E-state index in [1.807, 2.05) is 31.2 Å². The van der Waals surface area contributed by atoms with E-state index in [1.54, 1.807) is 24.3 Å². The smallest absolute Gasteiger partial charge is 0.267 e. The van der Waals surface area contributed by atoms with Crippen molar-refractivity contribution in [1.29, 1.82) is 5.26 Å². The number of aryl methyl sites for hydroxylation is 1. The van der Waals surface area contributed by atoms with Gasteiger partial charge in [0.25, 0.3) is 5.91 Å². The Balaban J connectivity index is 2.18. The van der Waals surface area contributed by atoms with Crippen LogP contribution in [0.2, 0.25) is 5.02 Å². The maximum Gasteiger partial charge on any atom is 0.267 e. The lowest BCUT2D eigenvalue weighted by Gasteiger charge is -2.10. The van der Waals surface area contributed by atoms with Crippen molar-refractivity contribution < 1.29 is 9.53 Å². The molecule has 5 nitrogen and oxygen atoms in total. The lowest BCUT2D eigenvalue weighted by molar-refractivity contribution is -0.112. The van der Waals surface area contributed by atoms with Gasteiger partial charge in [-0.25, -0.2) is 0 Å². The first-order valence-corrected chi connectivity index (χ1v) is 7.50. The number of anilines is 2. The molecule has 24 heavy (non-hydrogen) atoms. The second-order valence-electron chi connectivity index (χ2n) is 4.93. The van der Waals surface area contributed by atoms with E-state index in [4.69, 9.17) is 16.3 Å². The van der Waals surface area contributed by atoms with Crippen LogP contribution < -0.4 is 15.4 Å². The van der Waals surface area contributed by atoms with E-state index in [9.17, 15) is 10.1 Å². The summed E-state index contributed by atoms with van der Waals surface area (Å²) >= 11 is 5.95. The Bertz CT molecular complexity index is 825. The van der Waals surface area contributed by atoms with Gasteiger partial charge in [0.15, 0.2) is 0 Å². The fourth-order valence-electron chi connectivity index (χ4n) is 1.99. The number of amides is 1. The molecule has 2 aromatic carbocycles. The highest BCUT2D eigenvalue weighted by Crippen LogP contribution is 2.27. The van der Waals surface area contributed by atoms with Crippen LogP contribution in [0.15, 0.2) is 54.2 Å². The predicted octanol–water partition coefficient (Wildman–Crippen LogP) is 4.12. The Kier molecular flexibility index (Phi) is 5.83. The van der Waals surface area contributed by atoms with Crippen LogP contribution in [-0.4, -0.2) is 13.0 Å². The number of hydrogen-bond acceptors (Lipinski definition) is 4. The third kappa shape index (κ3) is 4.28. The van der Waals surface area contributed by atoms with Crippen LogP contribution in [-0.2, 0) is 4.79 Å². The van der Waals surface area contributed by atoms with Gasteiger partial charge >= 0.3 is 0 Å². The van der Waals surface area contributed by atoms with Gasteiger partial charge in [-0.15, -0.1) is 0 Å². The molecule has 2 aromatic rings. The fraction of sp³-hybridized carbons (Fsp3) is 0.111. The molecular formula is C18H16ClN3O2. The Morgan fingerprint density at radius 1 is 1.25 bits per heavy atom. The monoisotopic (exact) mass is 341 g/mol. The quantitative estimate of drug-likeness (QED) is 0.634. The van der Waals surface area contributed by atoms with Gasteiger partial charge in [0, 0.05) is 16.9 Å². The lowest BCUT2D eigenvalue weighted by Crippen LogP contribution is -2.15. The summed E-state index contributed by atoms with van der Waals surface area (Å²) in [5.74, 6) is 0.0487. The van der Waals surface area contributed by atoms with Gasteiger partial charge in [-0.3, -0.25) is 4.79 Å². The van der Waals surface area contributed by atoms with Crippen molar-refractivity contribution in [2.24, 2.45) is 0 Å². The largest absolute Gasteiger partial charge is 0.495 e. The molecule has 0 saturated heterocycles. The molecule has 6 heteroatoms. The highest BCUT2D eigenvalue weighted by Gasteiger charge is 2.11. The lowest BCUT2D eigenvalue weighted by atomic mass is 10.2. The van der Waals surface area contributed by atoms with Crippen LogP contribution in [0.25, 0.3) is 0 Å². The molecule has 0 saturated carbocycles. The van der Waals surface area contributed by atoms with Crippen molar-refractivity contribution >= 4 is 28.9 Å². The Morgan fingerprint density at radius 3 is 2.67 bits per heavy atom. The molecule has 0 radical (unpaired) electrons. The van der Waals surface area contributed by atoms with Gasteiger partial charge in [0.2, 0.25) is 0 Å².